The second kappa shape index (κ2) is 25.7. The molecule has 58 heavy (non-hydrogen) atoms. The first-order valence-electron chi connectivity index (χ1n) is 19.5. The summed E-state index contributed by atoms with van der Waals surface area (Å²) in [5.41, 5.74) is 16.6. The van der Waals surface area contributed by atoms with Crippen molar-refractivity contribution in [2.75, 3.05) is 26.2 Å². The summed E-state index contributed by atoms with van der Waals surface area (Å²) in [7, 11) is 0. The van der Waals surface area contributed by atoms with Crippen LogP contribution < -0.4 is 32.7 Å². The molecule has 4 aromatic rings. The molecule has 0 unspecified atom stereocenters. The first kappa shape index (κ1) is 44.3. The van der Waals surface area contributed by atoms with Crippen molar-refractivity contribution in [3.63, 3.8) is 0 Å². The van der Waals surface area contributed by atoms with E-state index in [2.05, 4.69) is 26.3 Å². The summed E-state index contributed by atoms with van der Waals surface area (Å²) >= 11 is 0. The fourth-order valence-corrected chi connectivity index (χ4v) is 5.60. The zero-order valence-corrected chi connectivity index (χ0v) is 32.8. The van der Waals surface area contributed by atoms with E-state index in [1.54, 1.807) is 0 Å². The Balaban J connectivity index is 1.08. The minimum absolute atomic E-state index is 0.00741. The number of nitrogens with one attached hydrogen (secondary N) is 4. The fraction of sp³-hybridized carbons (Fsp3) is 0.341. The maximum absolute atomic E-state index is 13.1. The molecule has 4 amide bonds. The number of aliphatic imine (C=N–C) groups is 1. The topological polar surface area (TPSA) is 208 Å². The first-order chi connectivity index (χ1) is 28.2. The van der Waals surface area contributed by atoms with Crippen molar-refractivity contribution < 1.29 is 33.4 Å². The largest absolute Gasteiger partial charge is 0.445 e. The third kappa shape index (κ3) is 18.5. The molecule has 4 rings (SSSR count). The van der Waals surface area contributed by atoms with Gasteiger partial charge in [0, 0.05) is 26.1 Å². The molecule has 14 heteroatoms. The molecule has 14 nitrogen and oxygen atoms in total. The van der Waals surface area contributed by atoms with Crippen LogP contribution in [0.2, 0.25) is 0 Å². The number of carbonyl (C=O) groups is 4. The summed E-state index contributed by atoms with van der Waals surface area (Å²) in [5, 5.41) is 11.2. The van der Waals surface area contributed by atoms with Gasteiger partial charge in [-0.1, -0.05) is 109 Å². The van der Waals surface area contributed by atoms with E-state index >= 15 is 0 Å². The Morgan fingerprint density at radius 3 is 1.62 bits per heavy atom. The molecule has 0 aliphatic heterocycles. The van der Waals surface area contributed by atoms with E-state index in [0.29, 0.717) is 52.0 Å². The zero-order valence-electron chi connectivity index (χ0n) is 32.8. The zero-order chi connectivity index (χ0) is 41.2. The number of amides is 4. The van der Waals surface area contributed by atoms with Crippen molar-refractivity contribution in [2.45, 2.75) is 70.9 Å². The summed E-state index contributed by atoms with van der Waals surface area (Å²) in [6.07, 6.45) is 2.45. The predicted octanol–water partition coefficient (Wildman–Crippen LogP) is 4.78. The number of alkyl carbamates (subject to hydrolysis) is 2. The molecule has 0 aliphatic rings. The van der Waals surface area contributed by atoms with Gasteiger partial charge in [0.25, 0.3) is 0 Å². The highest BCUT2D eigenvalue weighted by Crippen LogP contribution is 2.10. The van der Waals surface area contributed by atoms with Gasteiger partial charge in [0.1, 0.15) is 19.3 Å². The van der Waals surface area contributed by atoms with Gasteiger partial charge in [-0.25, -0.2) is 14.6 Å². The summed E-state index contributed by atoms with van der Waals surface area (Å²) in [5.74, 6) is -0.591. The number of nitrogens with zero attached hydrogens (tertiary/aromatic N) is 1. The average molecular weight is 794 g/mol. The lowest BCUT2D eigenvalue weighted by atomic mass is 10.1. The Hall–Kier alpha value is -6.41. The van der Waals surface area contributed by atoms with Crippen LogP contribution in [0.1, 0.15) is 59.1 Å². The number of unbranched alkanes of at least 4 members (excludes halogenated alkanes) is 1. The maximum Gasteiger partial charge on any atom is 0.407 e. The molecule has 8 N–H and O–H groups in total. The van der Waals surface area contributed by atoms with Gasteiger partial charge >= 0.3 is 12.2 Å². The normalized spacial score (nSPS) is 11.1. The highest BCUT2D eigenvalue weighted by molar-refractivity contribution is 5.87. The number of rotatable bonds is 24. The standard InChI is InChI=1S/C44H55N7O7/c45-42(46)50-28-35-19-15-34(16-20-35)23-24-40(52)51-39(32-56-29-36-10-3-1-4-11-36)41(53)47-25-7-8-26-48-43(54)58-31-38-21-17-33(18-22-38)14-9-27-49-44(55)57-30-37-12-5-2-6-13-37/h1-6,10-13,15-22,39H,7-9,14,23-32H2,(H,47,53)(H,48,54)(H,49,55)(H,51,52)(H4,45,46,50)/t39-/m0/s1. The Kier molecular flexibility index (Phi) is 19.6. The lowest BCUT2D eigenvalue weighted by molar-refractivity contribution is -0.130. The van der Waals surface area contributed by atoms with Gasteiger partial charge in [0.2, 0.25) is 11.8 Å². The molecule has 0 saturated carbocycles. The lowest BCUT2D eigenvalue weighted by Crippen LogP contribution is -2.49. The molecule has 1 atom stereocenters. The van der Waals surface area contributed by atoms with E-state index in [1.165, 1.54) is 0 Å². The lowest BCUT2D eigenvalue weighted by Gasteiger charge is -2.19. The van der Waals surface area contributed by atoms with Crippen molar-refractivity contribution >= 4 is 30.0 Å². The molecule has 0 aromatic heterocycles. The van der Waals surface area contributed by atoms with Crippen LogP contribution >= 0.6 is 0 Å². The number of carbonyl (C=O) groups excluding carboxylic acids is 4. The van der Waals surface area contributed by atoms with Crippen LogP contribution in [0.5, 0.6) is 0 Å². The second-order valence-corrected chi connectivity index (χ2v) is 13.6. The van der Waals surface area contributed by atoms with Crippen LogP contribution in [-0.2, 0) is 63.0 Å². The summed E-state index contributed by atoms with van der Waals surface area (Å²) in [6, 6.07) is 33.7. The molecule has 0 heterocycles. The van der Waals surface area contributed by atoms with Crippen LogP contribution in [-0.4, -0.2) is 62.2 Å². The Morgan fingerprint density at radius 2 is 1.03 bits per heavy atom. The molecule has 0 bridgehead atoms. The molecule has 308 valence electrons. The molecular formula is C44H55N7O7. The van der Waals surface area contributed by atoms with Crippen molar-refractivity contribution in [2.24, 2.45) is 16.5 Å². The third-order valence-corrected chi connectivity index (χ3v) is 8.85. The van der Waals surface area contributed by atoms with Crippen LogP contribution in [0, 0.1) is 0 Å². The minimum atomic E-state index is -0.876. The van der Waals surface area contributed by atoms with Gasteiger partial charge in [-0.15, -0.1) is 0 Å². The number of ether oxygens (including phenoxy) is 3. The summed E-state index contributed by atoms with van der Waals surface area (Å²) in [4.78, 5) is 54.2. The van der Waals surface area contributed by atoms with E-state index in [0.717, 1.165) is 46.2 Å². The van der Waals surface area contributed by atoms with E-state index < -0.39 is 18.2 Å². The third-order valence-electron chi connectivity index (χ3n) is 8.85. The van der Waals surface area contributed by atoms with E-state index in [4.69, 9.17) is 25.7 Å². The van der Waals surface area contributed by atoms with Crippen molar-refractivity contribution in [1.82, 2.24) is 21.3 Å². The Labute approximate surface area is 340 Å². The van der Waals surface area contributed by atoms with Gasteiger partial charge in [-0.05, 0) is 65.5 Å². The second-order valence-electron chi connectivity index (χ2n) is 13.6. The maximum atomic E-state index is 13.1. The Bertz CT molecular complexity index is 1860. The van der Waals surface area contributed by atoms with Crippen LogP contribution in [0.3, 0.4) is 0 Å². The highest BCUT2D eigenvalue weighted by Gasteiger charge is 2.21. The number of hydrogen-bond donors (Lipinski definition) is 6. The van der Waals surface area contributed by atoms with Gasteiger partial charge in [0.05, 0.1) is 19.8 Å². The predicted molar refractivity (Wildman–Crippen MR) is 222 cm³/mol. The quantitative estimate of drug-likeness (QED) is 0.0328. The molecule has 0 fully saturated rings. The molecule has 4 aromatic carbocycles. The molecular weight excluding hydrogens is 739 g/mol. The van der Waals surface area contributed by atoms with Gasteiger partial charge in [-0.2, -0.15) is 0 Å². The molecule has 0 radical (unpaired) electrons. The summed E-state index contributed by atoms with van der Waals surface area (Å²) < 4.78 is 16.4. The number of guanidine groups is 1. The fourth-order valence-electron chi connectivity index (χ4n) is 5.60. The van der Waals surface area contributed by atoms with E-state index in [-0.39, 0.29) is 44.0 Å². The van der Waals surface area contributed by atoms with Crippen molar-refractivity contribution in [3.8, 4) is 0 Å². The van der Waals surface area contributed by atoms with E-state index in [9.17, 15) is 19.2 Å². The first-order valence-corrected chi connectivity index (χ1v) is 19.5. The number of aryl methyl sites for hydroxylation is 2. The van der Waals surface area contributed by atoms with Crippen LogP contribution in [0.15, 0.2) is 114 Å². The number of nitrogens with two attached hydrogens (primary N) is 2. The van der Waals surface area contributed by atoms with E-state index in [1.807, 2.05) is 109 Å². The molecule has 0 aliphatic carbocycles. The van der Waals surface area contributed by atoms with Crippen LogP contribution in [0.4, 0.5) is 9.59 Å². The highest BCUT2D eigenvalue weighted by atomic mass is 16.6. The average Bonchev–Trinajstić information content (AvgIpc) is 3.24. The molecule has 0 spiro atoms. The van der Waals surface area contributed by atoms with Crippen molar-refractivity contribution in [3.05, 3.63) is 143 Å². The minimum Gasteiger partial charge on any atom is -0.445 e. The number of benzene rings is 4. The summed E-state index contributed by atoms with van der Waals surface area (Å²) in [6.45, 7) is 2.27. The van der Waals surface area contributed by atoms with Crippen molar-refractivity contribution in [1.29, 1.82) is 0 Å². The monoisotopic (exact) mass is 793 g/mol. The molecule has 0 saturated heterocycles. The van der Waals surface area contributed by atoms with Gasteiger partial charge in [0.15, 0.2) is 5.96 Å². The number of hydrogen-bond acceptors (Lipinski definition) is 8. The van der Waals surface area contributed by atoms with Crippen LogP contribution in [0.25, 0.3) is 0 Å². The van der Waals surface area contributed by atoms with Gasteiger partial charge < -0.3 is 46.9 Å². The Morgan fingerprint density at radius 1 is 0.552 bits per heavy atom. The van der Waals surface area contributed by atoms with Gasteiger partial charge in [-0.3, -0.25) is 9.59 Å². The smallest absolute Gasteiger partial charge is 0.407 e. The SMILES string of the molecule is NC(N)=NCc1ccc(CCC(=O)N[C@@H](COCc2ccccc2)C(=O)NCCCCNC(=O)OCc2ccc(CCCNC(=O)OCc3ccccc3)cc2)cc1.